The lowest BCUT2D eigenvalue weighted by atomic mass is 10.0. The Balaban J connectivity index is 1.56. The Kier molecular flexibility index (Phi) is 6.40. The highest BCUT2D eigenvalue weighted by atomic mass is 35.5. The molecular formula is C24H14ClF6N7O2. The highest BCUT2D eigenvalue weighted by Crippen LogP contribution is 2.36. The number of alkyl halides is 6. The molecule has 0 aliphatic heterocycles. The van der Waals surface area contributed by atoms with Crippen molar-refractivity contribution >= 4 is 34.4 Å². The number of hydrogen-bond acceptors (Lipinski definition) is 5. The van der Waals surface area contributed by atoms with E-state index < -0.39 is 40.5 Å². The number of benzene rings is 2. The van der Waals surface area contributed by atoms with E-state index in [1.54, 1.807) is 24.3 Å². The number of aryl methyl sites for hydroxylation is 1. The predicted molar refractivity (Wildman–Crippen MR) is 131 cm³/mol. The number of H-pyrrole nitrogens is 1. The van der Waals surface area contributed by atoms with Gasteiger partial charge in [0.1, 0.15) is 11.2 Å². The van der Waals surface area contributed by atoms with Gasteiger partial charge in [-0.2, -0.15) is 46.2 Å². The number of carbonyl (C=O) groups excluding carboxylic acids is 1. The number of hydrogen-bond donors (Lipinski definition) is 2. The number of halogens is 7. The highest BCUT2D eigenvalue weighted by Gasteiger charge is 2.37. The van der Waals surface area contributed by atoms with Gasteiger partial charge in [-0.1, -0.05) is 11.6 Å². The van der Waals surface area contributed by atoms with Crippen LogP contribution in [0.1, 0.15) is 27.2 Å². The van der Waals surface area contributed by atoms with Crippen molar-refractivity contribution in [2.24, 2.45) is 0 Å². The van der Waals surface area contributed by atoms with Gasteiger partial charge in [-0.05, 0) is 49.4 Å². The summed E-state index contributed by atoms with van der Waals surface area (Å²) in [6.45, 7) is 1.51. The van der Waals surface area contributed by atoms with Gasteiger partial charge in [-0.25, -0.2) is 4.68 Å². The Morgan fingerprint density at radius 2 is 1.57 bits per heavy atom. The van der Waals surface area contributed by atoms with E-state index in [0.717, 1.165) is 4.68 Å². The van der Waals surface area contributed by atoms with E-state index in [2.05, 4.69) is 25.5 Å². The molecule has 9 nitrogen and oxygen atoms in total. The first-order valence-corrected chi connectivity index (χ1v) is 11.5. The Morgan fingerprint density at radius 1 is 0.950 bits per heavy atom. The summed E-state index contributed by atoms with van der Waals surface area (Å²) in [5, 5.41) is 11.1. The van der Waals surface area contributed by atoms with Crippen LogP contribution in [0.4, 0.5) is 32.2 Å². The molecule has 206 valence electrons. The van der Waals surface area contributed by atoms with Gasteiger partial charge in [0.2, 0.25) is 5.95 Å². The predicted octanol–water partition coefficient (Wildman–Crippen LogP) is 5.55. The number of anilines is 1. The summed E-state index contributed by atoms with van der Waals surface area (Å²) in [7, 11) is 0. The second kappa shape index (κ2) is 9.51. The molecule has 3 heterocycles. The summed E-state index contributed by atoms with van der Waals surface area (Å²) in [5.74, 6) is -1.68. The van der Waals surface area contributed by atoms with Crippen LogP contribution in [0.3, 0.4) is 0 Å². The number of carbonyl (C=O) groups is 1. The van der Waals surface area contributed by atoms with Crippen LogP contribution >= 0.6 is 11.6 Å². The average molecular weight is 582 g/mol. The van der Waals surface area contributed by atoms with E-state index in [0.29, 0.717) is 22.8 Å². The summed E-state index contributed by atoms with van der Waals surface area (Å²) in [5.41, 5.74) is -3.93. The second-order valence-electron chi connectivity index (χ2n) is 8.49. The monoisotopic (exact) mass is 581 g/mol. The fourth-order valence-electron chi connectivity index (χ4n) is 3.80. The first kappa shape index (κ1) is 26.9. The number of nitrogens with one attached hydrogen (secondary N) is 2. The molecule has 0 bridgehead atoms. The minimum atomic E-state index is -5.14. The molecule has 3 aromatic heterocycles. The van der Waals surface area contributed by atoms with Crippen molar-refractivity contribution in [1.29, 1.82) is 0 Å². The third-order valence-corrected chi connectivity index (χ3v) is 5.87. The molecule has 0 spiro atoms. The van der Waals surface area contributed by atoms with E-state index in [1.165, 1.54) is 23.9 Å². The molecule has 0 unspecified atom stereocenters. The van der Waals surface area contributed by atoms with Gasteiger partial charge >= 0.3 is 12.4 Å². The van der Waals surface area contributed by atoms with E-state index in [9.17, 15) is 35.9 Å². The topological polar surface area (TPSA) is 110 Å². The lowest BCUT2D eigenvalue weighted by molar-refractivity contribution is -0.143. The van der Waals surface area contributed by atoms with Crippen LogP contribution in [0, 0.1) is 6.92 Å². The molecule has 0 aliphatic carbocycles. The fraction of sp³-hybridized carbons (Fsp3) is 0.125. The van der Waals surface area contributed by atoms with Crippen molar-refractivity contribution in [2.75, 3.05) is 5.32 Å². The summed E-state index contributed by atoms with van der Waals surface area (Å²) in [6.07, 6.45) is -9.00. The minimum Gasteiger partial charge on any atom is -0.306 e. The maximum absolute atomic E-state index is 13.3. The highest BCUT2D eigenvalue weighted by molar-refractivity contribution is 6.30. The molecule has 0 radical (unpaired) electrons. The molecule has 0 fully saturated rings. The fourth-order valence-corrected chi connectivity index (χ4v) is 3.93. The van der Waals surface area contributed by atoms with E-state index in [-0.39, 0.29) is 34.6 Å². The van der Waals surface area contributed by atoms with Crippen LogP contribution in [0.15, 0.2) is 59.5 Å². The molecule has 2 aromatic carbocycles. The maximum Gasteiger partial charge on any atom is 0.416 e. The van der Waals surface area contributed by atoms with Crippen LogP contribution in [0.5, 0.6) is 0 Å². The number of amides is 1. The Morgan fingerprint density at radius 3 is 2.17 bits per heavy atom. The van der Waals surface area contributed by atoms with Crippen molar-refractivity contribution < 1.29 is 31.1 Å². The molecule has 0 aliphatic rings. The molecule has 0 atom stereocenters. The molecule has 5 aromatic rings. The van der Waals surface area contributed by atoms with Crippen LogP contribution in [-0.4, -0.2) is 35.4 Å². The van der Waals surface area contributed by atoms with E-state index in [4.69, 9.17) is 11.6 Å². The normalized spacial score (nSPS) is 12.2. The van der Waals surface area contributed by atoms with Gasteiger partial charge in [-0.15, -0.1) is 0 Å². The zero-order valence-electron chi connectivity index (χ0n) is 19.9. The van der Waals surface area contributed by atoms with Gasteiger partial charge in [-0.3, -0.25) is 14.6 Å². The Bertz CT molecular complexity index is 1790. The van der Waals surface area contributed by atoms with Crippen LogP contribution in [0.25, 0.3) is 22.7 Å². The lowest BCUT2D eigenvalue weighted by Gasteiger charge is -2.14. The largest absolute Gasteiger partial charge is 0.416 e. The van der Waals surface area contributed by atoms with Gasteiger partial charge in [0.05, 0.1) is 28.7 Å². The SMILES string of the molecule is Cc1cc(NC(=O)c2cc(C(F)(F)F)cc(C(F)(F)F)c2)n(-c2nc3c(cnn3-c3ccc(Cl)cc3)c(=O)[nH]2)n1. The minimum absolute atomic E-state index is 0.0844. The third kappa shape index (κ3) is 5.14. The summed E-state index contributed by atoms with van der Waals surface area (Å²) in [6, 6.07) is 8.26. The lowest BCUT2D eigenvalue weighted by Crippen LogP contribution is -2.20. The molecule has 2 N–H and O–H groups in total. The zero-order chi connectivity index (χ0) is 29.0. The Labute approximate surface area is 224 Å². The van der Waals surface area contributed by atoms with Crippen molar-refractivity contribution in [3.8, 4) is 11.6 Å². The number of nitrogens with zero attached hydrogens (tertiary/aromatic N) is 5. The van der Waals surface area contributed by atoms with Crippen LogP contribution in [-0.2, 0) is 12.4 Å². The van der Waals surface area contributed by atoms with Crippen molar-refractivity contribution in [2.45, 2.75) is 19.3 Å². The molecule has 40 heavy (non-hydrogen) atoms. The van der Waals surface area contributed by atoms with Crippen LogP contribution < -0.4 is 10.9 Å². The van der Waals surface area contributed by atoms with Crippen molar-refractivity contribution in [3.63, 3.8) is 0 Å². The smallest absolute Gasteiger partial charge is 0.306 e. The third-order valence-electron chi connectivity index (χ3n) is 5.62. The number of rotatable bonds is 4. The molecule has 16 heteroatoms. The van der Waals surface area contributed by atoms with Crippen LogP contribution in [0.2, 0.25) is 5.02 Å². The molecular weight excluding hydrogens is 568 g/mol. The van der Waals surface area contributed by atoms with E-state index >= 15 is 0 Å². The summed E-state index contributed by atoms with van der Waals surface area (Å²) in [4.78, 5) is 32.5. The summed E-state index contributed by atoms with van der Waals surface area (Å²) < 4.78 is 81.9. The first-order chi connectivity index (χ1) is 18.7. The average Bonchev–Trinajstić information content (AvgIpc) is 3.46. The van der Waals surface area contributed by atoms with Crippen molar-refractivity contribution in [1.82, 2.24) is 29.5 Å². The Hall–Kier alpha value is -4.66. The molecule has 1 amide bonds. The van der Waals surface area contributed by atoms with Gasteiger partial charge in [0.25, 0.3) is 11.5 Å². The molecule has 0 saturated heterocycles. The van der Waals surface area contributed by atoms with Crippen molar-refractivity contribution in [3.05, 3.63) is 92.5 Å². The number of aromatic amines is 1. The van der Waals surface area contributed by atoms with E-state index in [1.807, 2.05) is 0 Å². The first-order valence-electron chi connectivity index (χ1n) is 11.1. The van der Waals surface area contributed by atoms with Gasteiger partial charge in [0, 0.05) is 16.7 Å². The zero-order valence-corrected chi connectivity index (χ0v) is 20.7. The second-order valence-corrected chi connectivity index (χ2v) is 8.93. The number of aromatic nitrogens is 6. The summed E-state index contributed by atoms with van der Waals surface area (Å²) >= 11 is 5.93. The maximum atomic E-state index is 13.3. The van der Waals surface area contributed by atoms with Gasteiger partial charge in [0.15, 0.2) is 5.65 Å². The molecule has 5 rings (SSSR count). The molecule has 0 saturated carbocycles. The van der Waals surface area contributed by atoms with Gasteiger partial charge < -0.3 is 5.32 Å². The quantitative estimate of drug-likeness (QED) is 0.271. The standard InChI is InChI=1S/C24H14ClF6N7O2/c1-11-6-18(33-20(39)12-7-13(23(26,27)28)9-14(8-12)24(29,30)31)38(36-11)22-34-19-17(21(40)35-22)10-32-37(19)16-4-2-15(25)3-5-16/h2-10H,1H3,(H,33,39)(H,34,35,40). The number of fused-ring (bicyclic) bond motifs is 1.